The first-order valence-electron chi connectivity index (χ1n) is 6.44. The number of nitrogens with one attached hydrogen (secondary N) is 2. The third-order valence-corrected chi connectivity index (χ3v) is 4.43. The molecule has 7 nitrogen and oxygen atoms in total. The molecule has 1 aromatic heterocycles. The minimum atomic E-state index is -3.31. The summed E-state index contributed by atoms with van der Waals surface area (Å²) in [5, 5.41) is 6.27. The fraction of sp³-hybridized carbons (Fsp3) is 0.818. The molecule has 8 heteroatoms. The Morgan fingerprint density at radius 1 is 1.37 bits per heavy atom. The van der Waals surface area contributed by atoms with Crippen LogP contribution in [0.5, 0.6) is 0 Å². The molecule has 0 aromatic carbocycles. The molecule has 1 aromatic rings. The summed E-state index contributed by atoms with van der Waals surface area (Å²) in [5.74, 6) is 0.993. The van der Waals surface area contributed by atoms with Gasteiger partial charge in [0.1, 0.15) is 0 Å². The van der Waals surface area contributed by atoms with Crippen LogP contribution in [-0.4, -0.2) is 43.4 Å². The van der Waals surface area contributed by atoms with Gasteiger partial charge < -0.3 is 9.84 Å². The van der Waals surface area contributed by atoms with Crippen molar-refractivity contribution in [1.82, 2.24) is 20.2 Å². The number of rotatable bonds is 9. The molecule has 0 aliphatic carbocycles. The van der Waals surface area contributed by atoms with Crippen LogP contribution in [0.2, 0.25) is 0 Å². The molecule has 1 rings (SSSR count). The fourth-order valence-electron chi connectivity index (χ4n) is 1.48. The second-order valence-electron chi connectivity index (χ2n) is 4.44. The van der Waals surface area contributed by atoms with E-state index in [0.717, 1.165) is 13.0 Å². The van der Waals surface area contributed by atoms with Crippen molar-refractivity contribution >= 4 is 10.0 Å². The number of nitrogens with zero attached hydrogens (tertiary/aromatic N) is 2. The van der Waals surface area contributed by atoms with Crippen molar-refractivity contribution in [3.63, 3.8) is 0 Å². The smallest absolute Gasteiger partial charge is 0.227 e. The van der Waals surface area contributed by atoms with E-state index in [1.807, 2.05) is 6.92 Å². The van der Waals surface area contributed by atoms with Crippen molar-refractivity contribution in [1.29, 1.82) is 0 Å². The fourth-order valence-corrected chi connectivity index (χ4v) is 2.48. The van der Waals surface area contributed by atoms with Crippen molar-refractivity contribution in [2.75, 3.05) is 19.6 Å². The SMILES string of the molecule is CCCNCC(C)S(=O)(=O)NCCc1nc(C)no1. The Hall–Kier alpha value is -0.990. The lowest BCUT2D eigenvalue weighted by Crippen LogP contribution is -2.39. The zero-order chi connectivity index (χ0) is 14.3. The minimum absolute atomic E-state index is 0.266. The normalized spacial score (nSPS) is 13.6. The Morgan fingerprint density at radius 3 is 2.68 bits per heavy atom. The molecule has 1 unspecified atom stereocenters. The van der Waals surface area contributed by atoms with Crippen LogP contribution < -0.4 is 10.0 Å². The average Bonchev–Trinajstić information content (AvgIpc) is 2.75. The van der Waals surface area contributed by atoms with Crippen LogP contribution >= 0.6 is 0 Å². The van der Waals surface area contributed by atoms with Crippen LogP contribution in [0, 0.1) is 6.92 Å². The molecule has 0 saturated heterocycles. The number of sulfonamides is 1. The molecule has 1 atom stereocenters. The molecular formula is C11H22N4O3S. The van der Waals surface area contributed by atoms with Gasteiger partial charge in [0.05, 0.1) is 5.25 Å². The number of aryl methyl sites for hydroxylation is 1. The lowest BCUT2D eigenvalue weighted by atomic mass is 10.4. The summed E-state index contributed by atoms with van der Waals surface area (Å²) < 4.78 is 31.3. The van der Waals surface area contributed by atoms with Gasteiger partial charge in [0.25, 0.3) is 0 Å². The Bertz CT molecular complexity index is 472. The topological polar surface area (TPSA) is 97.1 Å². The summed E-state index contributed by atoms with van der Waals surface area (Å²) >= 11 is 0. The van der Waals surface area contributed by atoms with Crippen LogP contribution in [-0.2, 0) is 16.4 Å². The number of hydrogen-bond donors (Lipinski definition) is 2. The zero-order valence-corrected chi connectivity index (χ0v) is 12.5. The lowest BCUT2D eigenvalue weighted by Gasteiger charge is -2.14. The summed E-state index contributed by atoms with van der Waals surface area (Å²) in [4.78, 5) is 4.01. The highest BCUT2D eigenvalue weighted by molar-refractivity contribution is 7.90. The molecule has 1 heterocycles. The van der Waals surface area contributed by atoms with Gasteiger partial charge in [0.15, 0.2) is 5.82 Å². The molecule has 0 amide bonds. The molecule has 0 radical (unpaired) electrons. The quantitative estimate of drug-likeness (QED) is 0.632. The minimum Gasteiger partial charge on any atom is -0.339 e. The van der Waals surface area contributed by atoms with E-state index < -0.39 is 15.3 Å². The Balaban J connectivity index is 2.33. The van der Waals surface area contributed by atoms with E-state index in [1.54, 1.807) is 13.8 Å². The summed E-state index contributed by atoms with van der Waals surface area (Å²) in [5.41, 5.74) is 0. The van der Waals surface area contributed by atoms with E-state index in [0.29, 0.717) is 24.7 Å². The third-order valence-electron chi connectivity index (χ3n) is 2.60. The molecule has 110 valence electrons. The average molecular weight is 290 g/mol. The number of hydrogen-bond acceptors (Lipinski definition) is 6. The summed E-state index contributed by atoms with van der Waals surface area (Å²) in [7, 11) is -3.31. The Kier molecular flexibility index (Phi) is 6.40. The van der Waals surface area contributed by atoms with E-state index in [-0.39, 0.29) is 6.54 Å². The van der Waals surface area contributed by atoms with E-state index in [9.17, 15) is 8.42 Å². The predicted octanol–water partition coefficient (Wildman–Crippen LogP) is 0.228. The zero-order valence-electron chi connectivity index (χ0n) is 11.6. The van der Waals surface area contributed by atoms with Crippen molar-refractivity contribution in [2.24, 2.45) is 0 Å². The largest absolute Gasteiger partial charge is 0.339 e. The van der Waals surface area contributed by atoms with Gasteiger partial charge in [-0.05, 0) is 26.8 Å². The standard InChI is InChI=1S/C11H22N4O3S/c1-4-6-12-8-9(2)19(16,17)13-7-5-11-14-10(3)15-18-11/h9,12-13H,4-8H2,1-3H3. The third kappa shape index (κ3) is 5.66. The Morgan fingerprint density at radius 2 is 2.11 bits per heavy atom. The van der Waals surface area contributed by atoms with E-state index in [1.165, 1.54) is 0 Å². The van der Waals surface area contributed by atoms with Crippen molar-refractivity contribution < 1.29 is 12.9 Å². The molecule has 0 bridgehead atoms. The maximum absolute atomic E-state index is 11.9. The summed E-state index contributed by atoms with van der Waals surface area (Å²) in [6, 6.07) is 0. The van der Waals surface area contributed by atoms with Crippen LogP contribution in [0.4, 0.5) is 0 Å². The van der Waals surface area contributed by atoms with Crippen molar-refractivity contribution in [2.45, 2.75) is 38.9 Å². The van der Waals surface area contributed by atoms with Crippen LogP contribution in [0.15, 0.2) is 4.52 Å². The van der Waals surface area contributed by atoms with Crippen LogP contribution in [0.3, 0.4) is 0 Å². The maximum Gasteiger partial charge on any atom is 0.227 e. The first kappa shape index (κ1) is 16.1. The lowest BCUT2D eigenvalue weighted by molar-refractivity contribution is 0.374. The highest BCUT2D eigenvalue weighted by Crippen LogP contribution is 1.99. The van der Waals surface area contributed by atoms with Crippen molar-refractivity contribution in [3.05, 3.63) is 11.7 Å². The van der Waals surface area contributed by atoms with Gasteiger partial charge in [-0.15, -0.1) is 0 Å². The van der Waals surface area contributed by atoms with Gasteiger partial charge in [-0.3, -0.25) is 0 Å². The molecule has 0 aliphatic rings. The van der Waals surface area contributed by atoms with Gasteiger partial charge in [0.2, 0.25) is 15.9 Å². The number of aromatic nitrogens is 2. The predicted molar refractivity (Wildman–Crippen MR) is 72.3 cm³/mol. The first-order valence-corrected chi connectivity index (χ1v) is 7.98. The monoisotopic (exact) mass is 290 g/mol. The van der Waals surface area contributed by atoms with Gasteiger partial charge in [-0.2, -0.15) is 4.98 Å². The second-order valence-corrected chi connectivity index (χ2v) is 6.62. The molecule has 0 fully saturated rings. The second kappa shape index (κ2) is 7.56. The van der Waals surface area contributed by atoms with Crippen LogP contribution in [0.1, 0.15) is 32.0 Å². The van der Waals surface area contributed by atoms with Gasteiger partial charge in [-0.25, -0.2) is 13.1 Å². The highest BCUT2D eigenvalue weighted by atomic mass is 32.2. The molecule has 0 saturated carbocycles. The van der Waals surface area contributed by atoms with E-state index in [2.05, 4.69) is 20.2 Å². The maximum atomic E-state index is 11.9. The van der Waals surface area contributed by atoms with Crippen molar-refractivity contribution in [3.8, 4) is 0 Å². The highest BCUT2D eigenvalue weighted by Gasteiger charge is 2.19. The van der Waals surface area contributed by atoms with Crippen LogP contribution in [0.25, 0.3) is 0 Å². The first-order chi connectivity index (χ1) is 8.95. The summed E-state index contributed by atoms with van der Waals surface area (Å²) in [6.45, 7) is 6.98. The summed E-state index contributed by atoms with van der Waals surface area (Å²) in [6.07, 6.45) is 1.38. The van der Waals surface area contributed by atoms with Gasteiger partial charge in [0, 0.05) is 19.5 Å². The molecule has 19 heavy (non-hydrogen) atoms. The molecule has 0 spiro atoms. The molecule has 2 N–H and O–H groups in total. The molecule has 0 aliphatic heterocycles. The van der Waals surface area contributed by atoms with E-state index in [4.69, 9.17) is 4.52 Å². The van der Waals surface area contributed by atoms with Gasteiger partial charge in [-0.1, -0.05) is 12.1 Å². The Labute approximate surface area is 114 Å². The van der Waals surface area contributed by atoms with E-state index >= 15 is 0 Å². The van der Waals surface area contributed by atoms with Gasteiger partial charge >= 0.3 is 0 Å². The molecular weight excluding hydrogens is 268 g/mol.